The first kappa shape index (κ1) is 26.7. The largest absolute Gasteiger partial charge is 0 e. The first-order chi connectivity index (χ1) is 17.8. The van der Waals surface area contributed by atoms with Gasteiger partial charge in [-0.1, -0.05) is 26.8 Å². The Bertz CT molecular complexity index is 1700. The summed E-state index contributed by atoms with van der Waals surface area (Å²) in [6.45, 7) is 6.63. The van der Waals surface area contributed by atoms with E-state index in [0.717, 1.165) is 16.8 Å². The Morgan fingerprint density at radius 3 is 2.26 bits per heavy atom. The summed E-state index contributed by atoms with van der Waals surface area (Å²) < 4.78 is 3.19. The van der Waals surface area contributed by atoms with Crippen molar-refractivity contribution >= 4 is 54.5 Å². The Morgan fingerprint density at radius 2 is 1.50 bits per heavy atom. The number of pyridine rings is 2. The van der Waals surface area contributed by atoms with Gasteiger partial charge in [-0.3, -0.25) is 0 Å². The number of fused-ring (bicyclic) bond motifs is 3. The van der Waals surface area contributed by atoms with Crippen LogP contribution in [0.15, 0.2) is 91.3 Å². The number of rotatable bonds is 1. The molecule has 2 aromatic heterocycles. The second-order valence-electron chi connectivity index (χ2n) is 11.4. The van der Waals surface area contributed by atoms with Crippen LogP contribution in [-0.2, 0) is 25.5 Å². The predicted octanol–water partition coefficient (Wildman–Crippen LogP) is 7.32. The quantitative estimate of drug-likeness (QED) is 0.101. The molecular weight excluding hydrogens is 701 g/mol. The minimum absolute atomic E-state index is 0. The molecule has 7 rings (SSSR count). The van der Waals surface area contributed by atoms with Crippen LogP contribution >= 0.6 is 0 Å². The summed E-state index contributed by atoms with van der Waals surface area (Å²) in [6, 6.07) is 34.3. The minimum Gasteiger partial charge on any atom is 0 e. The van der Waals surface area contributed by atoms with Crippen LogP contribution in [0.25, 0.3) is 43.7 Å². The Labute approximate surface area is 241 Å². The molecule has 4 heteroatoms. The number of hydrogen-bond acceptors (Lipinski definition) is 2. The molecule has 1 aliphatic rings. The third-order valence-corrected chi connectivity index (χ3v) is 15.0. The molecule has 38 heavy (non-hydrogen) atoms. The molecule has 0 unspecified atom stereocenters. The van der Waals surface area contributed by atoms with Crippen molar-refractivity contribution in [2.75, 3.05) is 0 Å². The Morgan fingerprint density at radius 1 is 0.711 bits per heavy atom. The van der Waals surface area contributed by atoms with Crippen molar-refractivity contribution in [2.45, 2.75) is 37.7 Å². The maximum absolute atomic E-state index is 4.66. The summed E-state index contributed by atoms with van der Waals surface area (Å²) in [5.41, 5.74) is 4.60. The van der Waals surface area contributed by atoms with Crippen molar-refractivity contribution in [1.82, 2.24) is 9.97 Å². The molecule has 0 aliphatic carbocycles. The predicted molar refractivity (Wildman–Crippen MR) is 160 cm³/mol. The minimum atomic E-state index is -2.16. The fourth-order valence-corrected chi connectivity index (χ4v) is 12.0. The number of benzene rings is 4. The van der Waals surface area contributed by atoms with E-state index in [0.29, 0.717) is 0 Å². The molecule has 0 saturated carbocycles. The van der Waals surface area contributed by atoms with Crippen molar-refractivity contribution < 1.29 is 20.1 Å². The Kier molecular flexibility index (Phi) is 7.07. The van der Waals surface area contributed by atoms with Gasteiger partial charge < -0.3 is 4.98 Å². The van der Waals surface area contributed by atoms with Crippen LogP contribution in [0.2, 0.25) is 11.5 Å². The SMILES string of the molecule is CC(C)(C)c1ccnc(-c2[c-]cccc2)c1.[CH3][Ge]1([CH3])[c]2cc[c-]c3c4ncccc4c4ccc[c]1c4c23.[Ir]. The van der Waals surface area contributed by atoms with Gasteiger partial charge in [0.2, 0.25) is 0 Å². The fraction of sp³-hybridized carbons (Fsp3) is 0.176. The summed E-state index contributed by atoms with van der Waals surface area (Å²) in [5, 5.41) is 6.74. The average Bonchev–Trinajstić information content (AvgIpc) is 3.16. The number of nitrogens with zero attached hydrogens (tertiary/aromatic N) is 2. The van der Waals surface area contributed by atoms with Crippen LogP contribution < -0.4 is 8.79 Å². The van der Waals surface area contributed by atoms with Gasteiger partial charge in [-0.25, -0.2) is 0 Å². The van der Waals surface area contributed by atoms with Crippen molar-refractivity contribution in [3.63, 3.8) is 0 Å². The fourth-order valence-electron chi connectivity index (χ4n) is 5.60. The molecule has 191 valence electrons. The third kappa shape index (κ3) is 4.41. The van der Waals surface area contributed by atoms with E-state index < -0.39 is 13.3 Å². The zero-order valence-electron chi connectivity index (χ0n) is 22.4. The molecule has 4 aromatic carbocycles. The van der Waals surface area contributed by atoms with Crippen LogP contribution in [0.3, 0.4) is 0 Å². The van der Waals surface area contributed by atoms with E-state index in [4.69, 9.17) is 0 Å². The van der Waals surface area contributed by atoms with Crippen LogP contribution in [0.5, 0.6) is 0 Å². The molecule has 2 nitrogen and oxygen atoms in total. The molecule has 3 heterocycles. The summed E-state index contributed by atoms with van der Waals surface area (Å²) in [5.74, 6) is 5.00. The molecule has 0 bridgehead atoms. The molecule has 0 fully saturated rings. The summed E-state index contributed by atoms with van der Waals surface area (Å²) in [4.78, 5) is 9.05. The normalized spacial score (nSPS) is 13.4. The van der Waals surface area contributed by atoms with Gasteiger partial charge in [0.1, 0.15) is 0 Å². The standard InChI is InChI=1S/C19H14GeN.C15H16N.Ir/c1-20(2)15-9-3-6-12-13-8-5-11-21-19(13)14-7-4-10-16(20)18(14)17(12)15;1-15(2,3)13-9-10-16-14(11-13)12-7-5-4-6-8-12;/h3-6,8-11H,1-2H3;4-7,9-11H,1-3H3;/q2*-1;. The van der Waals surface area contributed by atoms with Crippen LogP contribution in [0.1, 0.15) is 26.3 Å². The first-order valence-corrected chi connectivity index (χ1v) is 19.1. The van der Waals surface area contributed by atoms with Crippen molar-refractivity contribution in [3.05, 3.63) is 109 Å². The van der Waals surface area contributed by atoms with Crippen LogP contribution in [-0.4, -0.2) is 23.2 Å². The van der Waals surface area contributed by atoms with E-state index in [2.05, 4.69) is 103 Å². The van der Waals surface area contributed by atoms with Crippen LogP contribution in [0.4, 0.5) is 0 Å². The van der Waals surface area contributed by atoms with Gasteiger partial charge in [-0.2, -0.15) is 0 Å². The molecule has 1 aliphatic heterocycles. The van der Waals surface area contributed by atoms with Gasteiger partial charge in [0.25, 0.3) is 0 Å². The third-order valence-electron chi connectivity index (χ3n) is 7.60. The van der Waals surface area contributed by atoms with Gasteiger partial charge in [0.15, 0.2) is 0 Å². The van der Waals surface area contributed by atoms with E-state index in [-0.39, 0.29) is 25.5 Å². The summed E-state index contributed by atoms with van der Waals surface area (Å²) in [7, 11) is 0. The summed E-state index contributed by atoms with van der Waals surface area (Å²) in [6.07, 6.45) is 3.76. The van der Waals surface area contributed by atoms with Gasteiger partial charge in [-0.15, -0.1) is 35.9 Å². The van der Waals surface area contributed by atoms with Gasteiger partial charge in [-0.05, 0) is 22.7 Å². The molecule has 6 aromatic rings. The van der Waals surface area contributed by atoms with Crippen molar-refractivity contribution in [3.8, 4) is 11.3 Å². The second kappa shape index (κ2) is 10.0. The van der Waals surface area contributed by atoms with Gasteiger partial charge in [0, 0.05) is 26.3 Å². The number of aromatic nitrogens is 2. The van der Waals surface area contributed by atoms with Crippen LogP contribution in [0, 0.1) is 12.1 Å². The van der Waals surface area contributed by atoms with E-state index in [1.807, 2.05) is 42.7 Å². The number of hydrogen-bond donors (Lipinski definition) is 0. The smallest absolute Gasteiger partial charge is 0 e. The zero-order chi connectivity index (χ0) is 25.8. The topological polar surface area (TPSA) is 25.8 Å². The molecule has 0 atom stereocenters. The van der Waals surface area contributed by atoms with E-state index in [1.165, 1.54) is 32.5 Å². The molecule has 0 amide bonds. The zero-order valence-corrected chi connectivity index (χ0v) is 26.9. The van der Waals surface area contributed by atoms with E-state index >= 15 is 0 Å². The van der Waals surface area contributed by atoms with Crippen molar-refractivity contribution in [2.24, 2.45) is 0 Å². The van der Waals surface area contributed by atoms with Gasteiger partial charge >= 0.3 is 126 Å². The summed E-state index contributed by atoms with van der Waals surface area (Å²) >= 11 is -2.16. The average molecular weight is 731 g/mol. The Hall–Kier alpha value is -2.85. The van der Waals surface area contributed by atoms with Crippen molar-refractivity contribution in [1.29, 1.82) is 0 Å². The molecule has 1 radical (unpaired) electrons. The maximum atomic E-state index is 4.66. The molecular formula is C34H30GeIrN2-2. The maximum Gasteiger partial charge on any atom is 0 e. The first-order valence-electron chi connectivity index (χ1n) is 12.9. The van der Waals surface area contributed by atoms with E-state index in [9.17, 15) is 0 Å². The molecule has 0 spiro atoms. The second-order valence-corrected chi connectivity index (χ2v) is 20.4. The van der Waals surface area contributed by atoms with E-state index in [1.54, 1.807) is 8.79 Å². The van der Waals surface area contributed by atoms with Gasteiger partial charge in [0.05, 0.1) is 0 Å². The Balaban J connectivity index is 0.000000157. The monoisotopic (exact) mass is 733 g/mol. The molecule has 0 N–H and O–H groups in total. The molecule has 0 saturated heterocycles.